The SMILES string of the molecule is CCCC[P+](CCCC)(CCCC)CCCC.CCCC[P+](CCCC)(CCCC)CCCC.O=C([O-])C1CCCCC1C(=O)[O-]. The predicted molar refractivity (Wildman–Crippen MR) is 208 cm³/mol. The van der Waals surface area contributed by atoms with Gasteiger partial charge in [0.15, 0.2) is 0 Å². The first-order valence-electron chi connectivity index (χ1n) is 20.2. The maximum Gasteiger partial charge on any atom is 0.0594 e. The average Bonchev–Trinajstić information content (AvgIpc) is 3.07. The number of carbonyl (C=O) groups excluding carboxylic acids is 2. The van der Waals surface area contributed by atoms with E-state index < -0.39 is 38.3 Å². The Morgan fingerprint density at radius 1 is 0.413 bits per heavy atom. The second-order valence-corrected chi connectivity index (χ2v) is 23.4. The van der Waals surface area contributed by atoms with Crippen molar-refractivity contribution in [3.63, 3.8) is 0 Å². The highest BCUT2D eigenvalue weighted by Crippen LogP contribution is 2.62. The number of carbonyl (C=O) groups is 2. The first-order valence-corrected chi connectivity index (χ1v) is 25.3. The highest BCUT2D eigenvalue weighted by Gasteiger charge is 2.35. The number of rotatable bonds is 26. The van der Waals surface area contributed by atoms with Crippen molar-refractivity contribution in [1.29, 1.82) is 0 Å². The highest BCUT2D eigenvalue weighted by atomic mass is 31.2. The minimum atomic E-state index is -1.26. The minimum Gasteiger partial charge on any atom is -0.550 e. The van der Waals surface area contributed by atoms with Crippen LogP contribution in [0.2, 0.25) is 0 Å². The summed E-state index contributed by atoms with van der Waals surface area (Å²) >= 11 is 0. The van der Waals surface area contributed by atoms with E-state index in [9.17, 15) is 19.8 Å². The van der Waals surface area contributed by atoms with Crippen molar-refractivity contribution in [3.05, 3.63) is 0 Å². The van der Waals surface area contributed by atoms with Crippen LogP contribution >= 0.6 is 14.5 Å². The van der Waals surface area contributed by atoms with Gasteiger partial charge in [0.1, 0.15) is 0 Å². The third-order valence-electron chi connectivity index (χ3n) is 10.3. The molecule has 0 bridgehead atoms. The lowest BCUT2D eigenvalue weighted by Gasteiger charge is -2.32. The Bertz CT molecular complexity index is 566. The van der Waals surface area contributed by atoms with Crippen LogP contribution in [0.25, 0.3) is 0 Å². The van der Waals surface area contributed by atoms with Crippen LogP contribution in [0.1, 0.15) is 184 Å². The van der Waals surface area contributed by atoms with E-state index in [0.717, 1.165) is 12.8 Å². The van der Waals surface area contributed by atoms with E-state index >= 15 is 0 Å². The van der Waals surface area contributed by atoms with Gasteiger partial charge in [0.05, 0.1) is 49.3 Å². The number of hydrogen-bond acceptors (Lipinski definition) is 4. The standard InChI is InChI=1S/2C16H36P.C8H12O4/c2*1-5-9-13-17(14-10-6-2,15-11-7-3)16-12-8-4;9-7(10)5-3-1-2-4-6(5)8(11)12/h2*5-16H2,1-4H3;5-6H,1-4H2,(H,9,10)(H,11,12)/q2*+1;/p-2. The molecule has 0 heterocycles. The van der Waals surface area contributed by atoms with Crippen LogP contribution in [0.3, 0.4) is 0 Å². The molecule has 0 aromatic carbocycles. The second-order valence-electron chi connectivity index (χ2n) is 14.4. The van der Waals surface area contributed by atoms with Crippen molar-refractivity contribution in [1.82, 2.24) is 0 Å². The van der Waals surface area contributed by atoms with Gasteiger partial charge in [0, 0.05) is 38.3 Å². The summed E-state index contributed by atoms with van der Waals surface area (Å²) in [4.78, 5) is 20.9. The number of carboxylic acids is 2. The molecule has 1 fully saturated rings. The summed E-state index contributed by atoms with van der Waals surface area (Å²) in [5.74, 6) is -4.21. The molecule has 2 atom stereocenters. The molecule has 4 nitrogen and oxygen atoms in total. The van der Waals surface area contributed by atoms with Gasteiger partial charge >= 0.3 is 0 Å². The molecular formula is C40H82O4P2. The maximum atomic E-state index is 10.5. The second kappa shape index (κ2) is 32.0. The van der Waals surface area contributed by atoms with Crippen LogP contribution in [-0.4, -0.2) is 61.2 Å². The molecule has 46 heavy (non-hydrogen) atoms. The Morgan fingerprint density at radius 3 is 0.717 bits per heavy atom. The van der Waals surface area contributed by atoms with E-state index in [0.29, 0.717) is 12.8 Å². The van der Waals surface area contributed by atoms with Gasteiger partial charge < -0.3 is 19.8 Å². The summed E-state index contributed by atoms with van der Waals surface area (Å²) < 4.78 is 0. The van der Waals surface area contributed by atoms with Crippen LogP contribution in [0.15, 0.2) is 0 Å². The fraction of sp³-hybridized carbons (Fsp3) is 0.950. The number of aliphatic carboxylic acids is 2. The van der Waals surface area contributed by atoms with Crippen molar-refractivity contribution < 1.29 is 19.8 Å². The summed E-state index contributed by atoms with van der Waals surface area (Å²) in [6.07, 6.45) is 38.2. The van der Waals surface area contributed by atoms with Crippen LogP contribution in [0.4, 0.5) is 0 Å². The molecule has 1 saturated carbocycles. The van der Waals surface area contributed by atoms with Gasteiger partial charge in [-0.1, -0.05) is 120 Å². The zero-order valence-electron chi connectivity index (χ0n) is 32.5. The van der Waals surface area contributed by atoms with Crippen molar-refractivity contribution in [2.75, 3.05) is 49.3 Å². The first-order chi connectivity index (χ1) is 22.1. The van der Waals surface area contributed by atoms with Crippen LogP contribution in [0, 0.1) is 11.8 Å². The molecule has 0 spiro atoms. The molecule has 276 valence electrons. The summed E-state index contributed by atoms with van der Waals surface area (Å²) in [7, 11) is -1.12. The van der Waals surface area contributed by atoms with Gasteiger partial charge in [-0.3, -0.25) is 0 Å². The zero-order chi connectivity index (χ0) is 35.1. The molecule has 2 unspecified atom stereocenters. The lowest BCUT2D eigenvalue weighted by Crippen LogP contribution is -2.45. The number of hydrogen-bond donors (Lipinski definition) is 0. The molecule has 0 aromatic rings. The summed E-state index contributed by atoms with van der Waals surface area (Å²) in [6.45, 7) is 18.8. The number of carboxylic acid groups (broad SMARTS) is 2. The molecule has 0 saturated heterocycles. The van der Waals surface area contributed by atoms with E-state index in [1.54, 1.807) is 49.3 Å². The molecule has 1 aliphatic rings. The van der Waals surface area contributed by atoms with Gasteiger partial charge in [-0.15, -0.1) is 0 Å². The Kier molecular flexibility index (Phi) is 33.4. The van der Waals surface area contributed by atoms with E-state index in [-0.39, 0.29) is 0 Å². The van der Waals surface area contributed by atoms with Crippen LogP contribution in [-0.2, 0) is 9.59 Å². The molecule has 6 heteroatoms. The Hall–Kier alpha value is -0.200. The molecule has 1 rings (SSSR count). The molecule has 0 amide bonds. The Labute approximate surface area is 290 Å². The highest BCUT2D eigenvalue weighted by molar-refractivity contribution is 7.76. The average molecular weight is 689 g/mol. The molecule has 0 aliphatic heterocycles. The van der Waals surface area contributed by atoms with E-state index in [1.807, 2.05) is 0 Å². The molecule has 0 aromatic heterocycles. The monoisotopic (exact) mass is 689 g/mol. The van der Waals surface area contributed by atoms with Crippen molar-refractivity contribution in [2.24, 2.45) is 11.8 Å². The van der Waals surface area contributed by atoms with Crippen molar-refractivity contribution in [3.8, 4) is 0 Å². The first kappa shape index (κ1) is 47.9. The van der Waals surface area contributed by atoms with Gasteiger partial charge in [0.2, 0.25) is 0 Å². The van der Waals surface area contributed by atoms with Gasteiger partial charge in [-0.25, -0.2) is 0 Å². The largest absolute Gasteiger partial charge is 0.550 e. The molecule has 1 aliphatic carbocycles. The summed E-state index contributed by atoms with van der Waals surface area (Å²) in [5, 5.41) is 20.9. The smallest absolute Gasteiger partial charge is 0.0594 e. The minimum absolute atomic E-state index is 0.404. The lowest BCUT2D eigenvalue weighted by molar-refractivity contribution is -0.328. The third kappa shape index (κ3) is 23.2. The zero-order valence-corrected chi connectivity index (χ0v) is 34.3. The topological polar surface area (TPSA) is 80.3 Å². The van der Waals surface area contributed by atoms with Gasteiger partial charge in [-0.2, -0.15) is 0 Å². The Balaban J connectivity index is 0. The molecular weight excluding hydrogens is 606 g/mol. The van der Waals surface area contributed by atoms with E-state index in [4.69, 9.17) is 0 Å². The fourth-order valence-corrected chi connectivity index (χ4v) is 17.6. The normalized spacial score (nSPS) is 16.6. The predicted octanol–water partition coefficient (Wildman–Crippen LogP) is 10.7. The quantitative estimate of drug-likeness (QED) is 0.0847. The summed E-state index contributed by atoms with van der Waals surface area (Å²) in [6, 6.07) is 0. The maximum absolute atomic E-state index is 10.5. The van der Waals surface area contributed by atoms with E-state index in [2.05, 4.69) is 55.4 Å². The lowest BCUT2D eigenvalue weighted by atomic mass is 9.79. The van der Waals surface area contributed by atoms with Crippen molar-refractivity contribution in [2.45, 2.75) is 184 Å². The Morgan fingerprint density at radius 2 is 0.587 bits per heavy atom. The third-order valence-corrected chi connectivity index (χ3v) is 20.4. The number of unbranched alkanes of at least 4 members (excludes halogenated alkanes) is 8. The van der Waals surface area contributed by atoms with E-state index in [1.165, 1.54) is 103 Å². The van der Waals surface area contributed by atoms with Crippen LogP contribution in [0.5, 0.6) is 0 Å². The van der Waals surface area contributed by atoms with Gasteiger partial charge in [-0.05, 0) is 64.2 Å². The van der Waals surface area contributed by atoms with Gasteiger partial charge in [0.25, 0.3) is 0 Å². The van der Waals surface area contributed by atoms with Crippen LogP contribution < -0.4 is 10.2 Å². The molecule has 0 radical (unpaired) electrons. The summed E-state index contributed by atoms with van der Waals surface area (Å²) in [5.41, 5.74) is 0. The van der Waals surface area contributed by atoms with Crippen molar-refractivity contribution >= 4 is 26.5 Å². The fourth-order valence-electron chi connectivity index (χ4n) is 6.98. The molecule has 0 N–H and O–H groups in total.